The number of unbranched alkanes of at least 4 members (excludes halogenated alkanes) is 5. The van der Waals surface area contributed by atoms with Crippen molar-refractivity contribution in [2.45, 2.75) is 45.1 Å². The summed E-state index contributed by atoms with van der Waals surface area (Å²) in [5, 5.41) is 5.24. The first-order valence-electron chi connectivity index (χ1n) is 10.8. The molecule has 0 fully saturated rings. The Kier molecular flexibility index (Phi) is 7.47. The van der Waals surface area contributed by atoms with Crippen LogP contribution in [0.4, 0.5) is 0 Å². The molecule has 0 radical (unpaired) electrons. The van der Waals surface area contributed by atoms with E-state index in [1.807, 2.05) is 0 Å². The highest BCUT2D eigenvalue weighted by Gasteiger charge is 2.08. The molecule has 0 aliphatic rings. The number of ether oxygens (including phenoxy) is 1. The van der Waals surface area contributed by atoms with E-state index in [9.17, 15) is 0 Å². The van der Waals surface area contributed by atoms with Gasteiger partial charge in [0.25, 0.3) is 0 Å². The van der Waals surface area contributed by atoms with Crippen LogP contribution in [0.2, 0.25) is 0 Å². The Bertz CT molecular complexity index is 824. The molecule has 0 saturated heterocycles. The smallest absolute Gasteiger partial charge is 0.0780 e. The monoisotopic (exact) mass is 378 g/mol. The molecule has 0 unspecified atom stereocenters. The Balaban J connectivity index is 1.44. The predicted molar refractivity (Wildman–Crippen MR) is 122 cm³/mol. The van der Waals surface area contributed by atoms with E-state index in [0.717, 1.165) is 17.5 Å². The summed E-state index contributed by atoms with van der Waals surface area (Å²) in [7, 11) is 6.82. The van der Waals surface area contributed by atoms with Crippen molar-refractivity contribution in [3.05, 3.63) is 60.2 Å². The average Bonchev–Trinajstić information content (AvgIpc) is 2.67. The Morgan fingerprint density at radius 1 is 0.679 bits per heavy atom. The number of fused-ring (bicyclic) bond motifs is 2. The third-order valence-corrected chi connectivity index (χ3v) is 5.50. The second kappa shape index (κ2) is 10.0. The van der Waals surface area contributed by atoms with Gasteiger partial charge in [-0.05, 0) is 52.4 Å². The van der Waals surface area contributed by atoms with Gasteiger partial charge in [0.05, 0.1) is 34.3 Å². The Labute approximate surface area is 170 Å². The van der Waals surface area contributed by atoms with Crippen LogP contribution in [0.3, 0.4) is 0 Å². The molecule has 2 nitrogen and oxygen atoms in total. The summed E-state index contributed by atoms with van der Waals surface area (Å²) in [4.78, 5) is 0. The van der Waals surface area contributed by atoms with Crippen molar-refractivity contribution in [1.82, 2.24) is 0 Å². The van der Waals surface area contributed by atoms with Gasteiger partial charge in [0.1, 0.15) is 0 Å². The zero-order valence-electron chi connectivity index (χ0n) is 17.9. The molecule has 0 spiro atoms. The maximum Gasteiger partial charge on any atom is 0.0780 e. The molecule has 0 aliphatic heterocycles. The molecule has 150 valence electrons. The number of rotatable bonds is 11. The highest BCUT2D eigenvalue weighted by atomic mass is 16.5. The quantitative estimate of drug-likeness (QED) is 0.209. The van der Waals surface area contributed by atoms with Gasteiger partial charge >= 0.3 is 0 Å². The average molecular weight is 379 g/mol. The van der Waals surface area contributed by atoms with Crippen LogP contribution in [0.1, 0.15) is 44.1 Å². The minimum Gasteiger partial charge on any atom is -0.377 e. The van der Waals surface area contributed by atoms with Crippen LogP contribution in [0.25, 0.3) is 21.5 Å². The van der Waals surface area contributed by atoms with Gasteiger partial charge in [0.15, 0.2) is 0 Å². The second-order valence-electron chi connectivity index (χ2n) is 8.99. The maximum absolute atomic E-state index is 6.11. The molecule has 0 atom stereocenters. The van der Waals surface area contributed by atoms with Crippen LogP contribution in [-0.2, 0) is 11.3 Å². The summed E-state index contributed by atoms with van der Waals surface area (Å²) in [6.45, 7) is 2.84. The van der Waals surface area contributed by atoms with Gasteiger partial charge < -0.3 is 9.22 Å². The lowest BCUT2D eigenvalue weighted by atomic mass is 9.97. The fraction of sp³-hybridized carbons (Fsp3) is 0.462. The van der Waals surface area contributed by atoms with Crippen LogP contribution in [-0.4, -0.2) is 38.8 Å². The summed E-state index contributed by atoms with van der Waals surface area (Å²) in [6, 6.07) is 19.6. The van der Waals surface area contributed by atoms with E-state index in [4.69, 9.17) is 4.74 Å². The molecule has 3 aromatic rings. The van der Waals surface area contributed by atoms with Crippen molar-refractivity contribution in [3.8, 4) is 0 Å². The molecule has 0 amide bonds. The zero-order valence-corrected chi connectivity index (χ0v) is 17.9. The van der Waals surface area contributed by atoms with Crippen molar-refractivity contribution in [3.63, 3.8) is 0 Å². The van der Waals surface area contributed by atoms with Gasteiger partial charge in [-0.1, -0.05) is 67.8 Å². The molecule has 0 aromatic heterocycles. The van der Waals surface area contributed by atoms with Crippen LogP contribution in [0.15, 0.2) is 54.6 Å². The topological polar surface area (TPSA) is 9.23 Å². The predicted octanol–water partition coefficient (Wildman–Crippen LogP) is 6.56. The zero-order chi connectivity index (χ0) is 19.8. The molecule has 28 heavy (non-hydrogen) atoms. The van der Waals surface area contributed by atoms with Gasteiger partial charge in [0.2, 0.25) is 0 Å². The molecule has 0 bridgehead atoms. The Morgan fingerprint density at radius 2 is 1.21 bits per heavy atom. The lowest BCUT2D eigenvalue weighted by Gasteiger charge is -2.23. The van der Waals surface area contributed by atoms with Gasteiger partial charge in [-0.2, -0.15) is 0 Å². The third-order valence-electron chi connectivity index (χ3n) is 5.50. The van der Waals surface area contributed by atoms with E-state index < -0.39 is 0 Å². The van der Waals surface area contributed by atoms with Gasteiger partial charge in [-0.25, -0.2) is 0 Å². The number of quaternary nitrogens is 1. The largest absolute Gasteiger partial charge is 0.377 e. The second-order valence-corrected chi connectivity index (χ2v) is 8.99. The van der Waals surface area contributed by atoms with Crippen LogP contribution in [0, 0.1) is 0 Å². The SMILES string of the molecule is C[N+](C)(C)CCCCCCCCOCc1c2ccccc2cc2ccccc12. The first-order valence-corrected chi connectivity index (χ1v) is 10.8. The summed E-state index contributed by atoms with van der Waals surface area (Å²) in [5.74, 6) is 0. The van der Waals surface area contributed by atoms with Gasteiger partial charge in [-0.15, -0.1) is 0 Å². The van der Waals surface area contributed by atoms with Crippen molar-refractivity contribution in [2.75, 3.05) is 34.3 Å². The van der Waals surface area contributed by atoms with Crippen molar-refractivity contribution in [2.24, 2.45) is 0 Å². The highest BCUT2D eigenvalue weighted by Crippen LogP contribution is 2.29. The molecular formula is C26H36NO+. The van der Waals surface area contributed by atoms with E-state index in [1.54, 1.807) is 0 Å². The normalized spacial score (nSPS) is 12.1. The minimum absolute atomic E-state index is 0.700. The molecule has 0 heterocycles. The van der Waals surface area contributed by atoms with E-state index in [-0.39, 0.29) is 0 Å². The standard InChI is InChI=1S/C26H36NO/c1-27(2,3)18-12-6-4-5-7-13-19-28-21-26-24-16-10-8-14-22(24)20-23-15-9-11-17-25(23)26/h8-11,14-17,20H,4-7,12-13,18-19,21H2,1-3H3/q+1. The maximum atomic E-state index is 6.11. The molecule has 3 aromatic carbocycles. The van der Waals surface area contributed by atoms with E-state index in [1.165, 1.54) is 65.8 Å². The van der Waals surface area contributed by atoms with Crippen LogP contribution >= 0.6 is 0 Å². The molecule has 0 saturated carbocycles. The third kappa shape index (κ3) is 6.05. The fourth-order valence-electron chi connectivity index (χ4n) is 3.94. The van der Waals surface area contributed by atoms with Crippen molar-refractivity contribution >= 4 is 21.5 Å². The lowest BCUT2D eigenvalue weighted by Crippen LogP contribution is -2.35. The van der Waals surface area contributed by atoms with Gasteiger partial charge in [-0.3, -0.25) is 0 Å². The van der Waals surface area contributed by atoms with Crippen molar-refractivity contribution < 1.29 is 9.22 Å². The number of benzene rings is 3. The number of hydrogen-bond acceptors (Lipinski definition) is 1. The van der Waals surface area contributed by atoms with Crippen molar-refractivity contribution in [1.29, 1.82) is 0 Å². The lowest BCUT2D eigenvalue weighted by molar-refractivity contribution is -0.870. The molecular weight excluding hydrogens is 342 g/mol. The van der Waals surface area contributed by atoms with E-state index in [0.29, 0.717) is 6.61 Å². The number of nitrogens with zero attached hydrogens (tertiary/aromatic N) is 1. The van der Waals surface area contributed by atoms with E-state index in [2.05, 4.69) is 75.7 Å². The van der Waals surface area contributed by atoms with Gasteiger partial charge in [0, 0.05) is 6.61 Å². The summed E-state index contributed by atoms with van der Waals surface area (Å²) in [6.07, 6.45) is 7.83. The fourth-order valence-corrected chi connectivity index (χ4v) is 3.94. The first-order chi connectivity index (χ1) is 13.5. The summed E-state index contributed by atoms with van der Waals surface area (Å²) in [5.41, 5.74) is 1.33. The van der Waals surface area contributed by atoms with Crippen LogP contribution in [0.5, 0.6) is 0 Å². The highest BCUT2D eigenvalue weighted by molar-refractivity contribution is 6.02. The Hall–Kier alpha value is -1.90. The molecule has 3 rings (SSSR count). The first kappa shape index (κ1) is 20.8. The molecule has 0 N–H and O–H groups in total. The van der Waals surface area contributed by atoms with E-state index >= 15 is 0 Å². The molecule has 0 aliphatic carbocycles. The van der Waals surface area contributed by atoms with Crippen LogP contribution < -0.4 is 0 Å². The minimum atomic E-state index is 0.700. The summed E-state index contributed by atoms with van der Waals surface area (Å²) < 4.78 is 7.19. The molecule has 2 heteroatoms. The Morgan fingerprint density at radius 3 is 1.82 bits per heavy atom. The number of hydrogen-bond donors (Lipinski definition) is 0. The summed E-state index contributed by atoms with van der Waals surface area (Å²) >= 11 is 0.